The van der Waals surface area contributed by atoms with Gasteiger partial charge in [0.15, 0.2) is 0 Å². The smallest absolute Gasteiger partial charge is 0.0296 e. The number of benzene rings is 6. The van der Waals surface area contributed by atoms with E-state index in [0.717, 1.165) is 0 Å². The van der Waals surface area contributed by atoms with Gasteiger partial charge in [0.1, 0.15) is 0 Å². The van der Waals surface area contributed by atoms with Crippen molar-refractivity contribution in [1.29, 1.82) is 0 Å². The Bertz CT molecular complexity index is 1610. The zero-order valence-electron chi connectivity index (χ0n) is 19.9. The molecule has 166 valence electrons. The highest BCUT2D eigenvalue weighted by Crippen LogP contribution is 2.48. The number of aryl methyl sites for hydroxylation is 2. The second kappa shape index (κ2) is 8.37. The topological polar surface area (TPSA) is 0 Å². The van der Waals surface area contributed by atoms with Gasteiger partial charge in [0, 0.05) is 9.79 Å². The van der Waals surface area contributed by atoms with Crippen LogP contribution in [0.25, 0.3) is 43.1 Å². The third-order valence-electron chi connectivity index (χ3n) is 7.14. The maximum atomic E-state index is 2.37. The van der Waals surface area contributed by atoms with Crippen molar-refractivity contribution < 1.29 is 0 Å². The van der Waals surface area contributed by atoms with Crippen LogP contribution in [0.3, 0.4) is 0 Å². The van der Waals surface area contributed by atoms with E-state index in [-0.39, 0.29) is 0 Å². The molecular weight excluding hydrogens is 448 g/mol. The molecule has 0 aromatic heterocycles. The van der Waals surface area contributed by atoms with Crippen LogP contribution in [0.1, 0.15) is 22.3 Å². The third-order valence-corrected chi connectivity index (χ3v) is 9.86. The van der Waals surface area contributed by atoms with E-state index in [1.54, 1.807) is 0 Å². The van der Waals surface area contributed by atoms with E-state index < -0.39 is 0 Å². The van der Waals surface area contributed by atoms with Crippen molar-refractivity contribution in [3.63, 3.8) is 0 Å². The first-order chi connectivity index (χ1) is 16.5. The molecule has 0 saturated heterocycles. The molecule has 0 unspecified atom stereocenters. The van der Waals surface area contributed by atoms with Gasteiger partial charge in [-0.1, -0.05) is 82.3 Å². The lowest BCUT2D eigenvalue weighted by atomic mass is 9.99. The van der Waals surface area contributed by atoms with E-state index in [4.69, 9.17) is 0 Å². The Balaban J connectivity index is 1.52. The predicted octanol–water partition coefficient (Wildman–Crippen LogP) is 10.3. The summed E-state index contributed by atoms with van der Waals surface area (Å²) in [6.07, 6.45) is 0. The molecule has 0 spiro atoms. The van der Waals surface area contributed by atoms with Crippen LogP contribution in [0, 0.1) is 27.7 Å². The number of hydrogen-bond donors (Lipinski definition) is 0. The molecule has 0 heterocycles. The standard InChI is InChI=1S/C32H26S2/c1-19-13-27-15-23-9-5-7-11-25(23)17-29(27)31(21(19)3)33-34-32-22(4)20(2)14-28-16-24-10-6-8-12-26(24)18-30(28)32/h5-18H,1-4H3. The number of hydrogen-bond acceptors (Lipinski definition) is 2. The average molecular weight is 475 g/mol. The van der Waals surface area contributed by atoms with Gasteiger partial charge < -0.3 is 0 Å². The Hall–Kier alpha value is -2.94. The lowest BCUT2D eigenvalue weighted by Crippen LogP contribution is -1.90. The molecular formula is C32H26S2. The van der Waals surface area contributed by atoms with Gasteiger partial charge in [-0.15, -0.1) is 0 Å². The van der Waals surface area contributed by atoms with Gasteiger partial charge in [-0.25, -0.2) is 0 Å². The molecule has 0 nitrogen and oxygen atoms in total. The fourth-order valence-corrected chi connectivity index (χ4v) is 7.95. The van der Waals surface area contributed by atoms with E-state index >= 15 is 0 Å². The highest BCUT2D eigenvalue weighted by atomic mass is 33.1. The van der Waals surface area contributed by atoms with Crippen molar-refractivity contribution in [3.05, 3.63) is 107 Å². The number of rotatable bonds is 3. The minimum atomic E-state index is 1.30. The van der Waals surface area contributed by atoms with Gasteiger partial charge in [-0.2, -0.15) is 0 Å². The predicted molar refractivity (Wildman–Crippen MR) is 154 cm³/mol. The summed E-state index contributed by atoms with van der Waals surface area (Å²) >= 11 is 0. The Morgan fingerprint density at radius 2 is 0.765 bits per heavy atom. The van der Waals surface area contributed by atoms with Crippen LogP contribution in [0.15, 0.2) is 94.7 Å². The quantitative estimate of drug-likeness (QED) is 0.185. The van der Waals surface area contributed by atoms with Gasteiger partial charge in [0.25, 0.3) is 0 Å². The lowest BCUT2D eigenvalue weighted by molar-refractivity contribution is 1.27. The Labute approximate surface area is 208 Å². The van der Waals surface area contributed by atoms with Crippen molar-refractivity contribution in [2.45, 2.75) is 37.5 Å². The minimum absolute atomic E-state index is 1.30. The van der Waals surface area contributed by atoms with Crippen LogP contribution in [0.5, 0.6) is 0 Å². The molecule has 6 rings (SSSR count). The van der Waals surface area contributed by atoms with E-state index in [9.17, 15) is 0 Å². The summed E-state index contributed by atoms with van der Waals surface area (Å²) < 4.78 is 0. The van der Waals surface area contributed by atoms with E-state index in [2.05, 4.69) is 113 Å². The summed E-state index contributed by atoms with van der Waals surface area (Å²) in [7, 11) is 3.82. The maximum Gasteiger partial charge on any atom is 0.0296 e. The molecule has 0 N–H and O–H groups in total. The average Bonchev–Trinajstić information content (AvgIpc) is 2.84. The summed E-state index contributed by atoms with van der Waals surface area (Å²) in [4.78, 5) is 2.75. The van der Waals surface area contributed by atoms with Crippen LogP contribution in [0.4, 0.5) is 0 Å². The van der Waals surface area contributed by atoms with Crippen molar-refractivity contribution in [2.24, 2.45) is 0 Å². The molecule has 0 aliphatic carbocycles. The van der Waals surface area contributed by atoms with Crippen LogP contribution in [0.2, 0.25) is 0 Å². The monoisotopic (exact) mass is 474 g/mol. The van der Waals surface area contributed by atoms with E-state index in [0.29, 0.717) is 0 Å². The SMILES string of the molecule is Cc1cc2cc3ccccc3cc2c(SSc2c(C)c(C)cc3cc4ccccc4cc23)c1C. The minimum Gasteiger partial charge on any atom is -0.0616 e. The zero-order valence-corrected chi connectivity index (χ0v) is 21.5. The highest BCUT2D eigenvalue weighted by Gasteiger charge is 2.15. The molecule has 0 aliphatic heterocycles. The van der Waals surface area contributed by atoms with Crippen LogP contribution in [-0.4, -0.2) is 0 Å². The Kier molecular flexibility index (Phi) is 5.32. The first-order valence-electron chi connectivity index (χ1n) is 11.7. The zero-order chi connectivity index (χ0) is 23.4. The van der Waals surface area contributed by atoms with Crippen molar-refractivity contribution in [1.82, 2.24) is 0 Å². The van der Waals surface area contributed by atoms with Crippen molar-refractivity contribution in [2.75, 3.05) is 0 Å². The van der Waals surface area contributed by atoms with E-state index in [1.165, 1.54) is 75.1 Å². The second-order valence-corrected chi connectivity index (χ2v) is 11.5. The number of fused-ring (bicyclic) bond motifs is 4. The largest absolute Gasteiger partial charge is 0.0616 e. The normalized spacial score (nSPS) is 11.8. The first kappa shape index (κ1) is 21.6. The maximum absolute atomic E-state index is 2.37. The van der Waals surface area contributed by atoms with Gasteiger partial charge >= 0.3 is 0 Å². The fraction of sp³-hybridized carbons (Fsp3) is 0.125. The molecule has 0 amide bonds. The van der Waals surface area contributed by atoms with Crippen molar-refractivity contribution in [3.8, 4) is 0 Å². The summed E-state index contributed by atoms with van der Waals surface area (Å²) in [6.45, 7) is 9.00. The molecule has 0 atom stereocenters. The molecule has 0 saturated carbocycles. The first-order valence-corrected chi connectivity index (χ1v) is 13.8. The summed E-state index contributed by atoms with van der Waals surface area (Å²) in [5.41, 5.74) is 5.45. The molecule has 34 heavy (non-hydrogen) atoms. The van der Waals surface area contributed by atoms with Gasteiger partial charge in [-0.3, -0.25) is 0 Å². The van der Waals surface area contributed by atoms with Crippen molar-refractivity contribution >= 4 is 64.7 Å². The molecule has 6 aromatic rings. The second-order valence-electron chi connectivity index (χ2n) is 9.30. The molecule has 0 radical (unpaired) electrons. The van der Waals surface area contributed by atoms with Crippen LogP contribution in [-0.2, 0) is 0 Å². The lowest BCUT2D eigenvalue weighted by Gasteiger charge is -2.16. The van der Waals surface area contributed by atoms with Crippen LogP contribution >= 0.6 is 21.6 Å². The molecule has 0 fully saturated rings. The summed E-state index contributed by atoms with van der Waals surface area (Å²) in [6, 6.07) is 31.4. The van der Waals surface area contributed by atoms with E-state index in [1.807, 2.05) is 21.6 Å². The third kappa shape index (κ3) is 3.57. The molecule has 0 aliphatic rings. The van der Waals surface area contributed by atoms with Gasteiger partial charge in [0.2, 0.25) is 0 Å². The molecule has 0 bridgehead atoms. The van der Waals surface area contributed by atoms with Gasteiger partial charge in [0.05, 0.1) is 0 Å². The summed E-state index contributed by atoms with van der Waals surface area (Å²) in [5.74, 6) is 0. The Morgan fingerprint density at radius 3 is 1.15 bits per heavy atom. The fourth-order valence-electron chi connectivity index (χ4n) is 4.89. The van der Waals surface area contributed by atoms with Crippen LogP contribution < -0.4 is 0 Å². The summed E-state index contributed by atoms with van der Waals surface area (Å²) in [5, 5.41) is 10.5. The van der Waals surface area contributed by atoms with Gasteiger partial charge in [-0.05, 0) is 117 Å². The highest BCUT2D eigenvalue weighted by molar-refractivity contribution is 8.76. The Morgan fingerprint density at radius 1 is 0.412 bits per heavy atom. The molecule has 2 heteroatoms. The molecule has 6 aromatic carbocycles.